The van der Waals surface area contributed by atoms with E-state index in [0.29, 0.717) is 33.1 Å². The number of primary amides is 1. The fourth-order valence-corrected chi connectivity index (χ4v) is 3.80. The number of nitrogens with two attached hydrogens (primary N) is 1. The first-order valence-electron chi connectivity index (χ1n) is 9.23. The normalized spacial score (nSPS) is 15.6. The molecule has 0 fully saturated rings. The van der Waals surface area contributed by atoms with E-state index in [4.69, 9.17) is 28.9 Å². The van der Waals surface area contributed by atoms with Gasteiger partial charge in [-0.15, -0.1) is 5.10 Å². The number of rotatable bonds is 4. The fraction of sp³-hybridized carbons (Fsp3) is 0.190. The molecule has 1 atom stereocenters. The summed E-state index contributed by atoms with van der Waals surface area (Å²) in [7, 11) is 3.96. The lowest BCUT2D eigenvalue weighted by Gasteiger charge is -2.27. The summed E-state index contributed by atoms with van der Waals surface area (Å²) in [5, 5.41) is 8.63. The van der Waals surface area contributed by atoms with Crippen LogP contribution in [0.3, 0.4) is 0 Å². The number of fused-ring (bicyclic) bond motifs is 1. The molecular formula is C21H20Cl2N6O. The van der Waals surface area contributed by atoms with Crippen molar-refractivity contribution in [3.63, 3.8) is 0 Å². The van der Waals surface area contributed by atoms with Crippen LogP contribution < -0.4 is 16.0 Å². The van der Waals surface area contributed by atoms with Gasteiger partial charge in [0.25, 0.3) is 0 Å². The molecule has 0 saturated carbocycles. The average molecular weight is 443 g/mol. The van der Waals surface area contributed by atoms with Crippen molar-refractivity contribution in [2.45, 2.75) is 13.0 Å². The predicted octanol–water partition coefficient (Wildman–Crippen LogP) is 4.09. The lowest BCUT2D eigenvalue weighted by Crippen LogP contribution is -2.31. The van der Waals surface area contributed by atoms with Crippen molar-refractivity contribution < 1.29 is 4.79 Å². The van der Waals surface area contributed by atoms with Crippen LogP contribution in [-0.2, 0) is 4.79 Å². The molecule has 3 aromatic rings. The summed E-state index contributed by atoms with van der Waals surface area (Å²) >= 11 is 12.3. The molecule has 0 aliphatic carbocycles. The van der Waals surface area contributed by atoms with E-state index in [-0.39, 0.29) is 0 Å². The van der Waals surface area contributed by atoms with Gasteiger partial charge in [0.1, 0.15) is 6.04 Å². The standard InChI is InChI=1S/C21H20Cl2N6O/c1-11-17(19(24)30)18(13-6-9-15(22)16(23)10-13)29-21(25-11)26-20(27-29)12-4-7-14(8-5-12)28(2)3/h4-10,18H,1-3H3,(H2,24,30)(H,25,26,27). The van der Waals surface area contributed by atoms with Crippen LogP contribution in [0.25, 0.3) is 11.4 Å². The van der Waals surface area contributed by atoms with Crippen LogP contribution >= 0.6 is 23.2 Å². The highest BCUT2D eigenvalue weighted by Crippen LogP contribution is 2.38. The Balaban J connectivity index is 1.83. The zero-order chi connectivity index (χ0) is 21.6. The van der Waals surface area contributed by atoms with E-state index in [0.717, 1.165) is 16.8 Å². The summed E-state index contributed by atoms with van der Waals surface area (Å²) in [5.74, 6) is 0.501. The smallest absolute Gasteiger partial charge is 0.248 e. The second-order valence-electron chi connectivity index (χ2n) is 7.25. The van der Waals surface area contributed by atoms with Gasteiger partial charge < -0.3 is 16.0 Å². The van der Waals surface area contributed by atoms with Crippen LogP contribution in [0.4, 0.5) is 11.6 Å². The van der Waals surface area contributed by atoms with Gasteiger partial charge in [0.05, 0.1) is 15.6 Å². The molecule has 0 spiro atoms. The van der Waals surface area contributed by atoms with Crippen molar-refractivity contribution in [2.24, 2.45) is 5.73 Å². The Hall–Kier alpha value is -3.03. The van der Waals surface area contributed by atoms with Crippen LogP contribution in [0, 0.1) is 0 Å². The van der Waals surface area contributed by atoms with Crippen LogP contribution in [0.1, 0.15) is 18.5 Å². The van der Waals surface area contributed by atoms with Crippen molar-refractivity contribution >= 4 is 40.7 Å². The number of carbonyl (C=O) groups excluding carboxylic acids is 1. The van der Waals surface area contributed by atoms with E-state index in [1.807, 2.05) is 43.3 Å². The van der Waals surface area contributed by atoms with Gasteiger partial charge in [-0.1, -0.05) is 29.3 Å². The number of hydrogen-bond donors (Lipinski definition) is 2. The Bertz CT molecular complexity index is 1170. The number of amides is 1. The van der Waals surface area contributed by atoms with E-state index in [9.17, 15) is 4.79 Å². The average Bonchev–Trinajstić information content (AvgIpc) is 3.12. The van der Waals surface area contributed by atoms with E-state index in [2.05, 4.69) is 15.4 Å². The molecule has 154 valence electrons. The molecule has 1 unspecified atom stereocenters. The van der Waals surface area contributed by atoms with Gasteiger partial charge in [0.2, 0.25) is 11.9 Å². The quantitative estimate of drug-likeness (QED) is 0.634. The van der Waals surface area contributed by atoms with Crippen LogP contribution in [0.2, 0.25) is 10.0 Å². The highest BCUT2D eigenvalue weighted by molar-refractivity contribution is 6.42. The third-order valence-corrected chi connectivity index (χ3v) is 5.76. The van der Waals surface area contributed by atoms with Gasteiger partial charge in [-0.05, 0) is 48.9 Å². The molecule has 4 rings (SSSR count). The number of hydrogen-bond acceptors (Lipinski definition) is 5. The molecule has 1 amide bonds. The third kappa shape index (κ3) is 3.51. The van der Waals surface area contributed by atoms with Gasteiger partial charge in [0, 0.05) is 31.0 Å². The fourth-order valence-electron chi connectivity index (χ4n) is 3.49. The molecule has 9 heteroatoms. The maximum Gasteiger partial charge on any atom is 0.248 e. The molecule has 30 heavy (non-hydrogen) atoms. The minimum absolute atomic E-state index is 0.385. The Morgan fingerprint density at radius 2 is 1.83 bits per heavy atom. The largest absolute Gasteiger partial charge is 0.378 e. The van der Waals surface area contributed by atoms with Crippen molar-refractivity contribution in [3.8, 4) is 11.4 Å². The lowest BCUT2D eigenvalue weighted by molar-refractivity contribution is -0.115. The highest BCUT2D eigenvalue weighted by atomic mass is 35.5. The number of nitrogens with one attached hydrogen (secondary N) is 1. The summed E-state index contributed by atoms with van der Waals surface area (Å²) in [6.45, 7) is 1.79. The molecule has 7 nitrogen and oxygen atoms in total. The molecule has 0 bridgehead atoms. The van der Waals surface area contributed by atoms with Gasteiger partial charge in [-0.25, -0.2) is 4.68 Å². The Labute approximate surface area is 184 Å². The summed E-state index contributed by atoms with van der Waals surface area (Å²) in [6, 6.07) is 12.5. The SMILES string of the molecule is CC1=C(C(N)=O)C(c2ccc(Cl)c(Cl)c2)n2nc(-c3ccc(N(C)C)cc3)nc2N1. The first-order valence-corrected chi connectivity index (χ1v) is 9.98. The Morgan fingerprint density at radius 1 is 1.13 bits per heavy atom. The minimum Gasteiger partial charge on any atom is -0.378 e. The molecule has 0 saturated heterocycles. The first kappa shape index (κ1) is 20.3. The van der Waals surface area contributed by atoms with E-state index >= 15 is 0 Å². The van der Waals surface area contributed by atoms with E-state index < -0.39 is 11.9 Å². The van der Waals surface area contributed by atoms with Crippen LogP contribution in [0.15, 0.2) is 53.7 Å². The summed E-state index contributed by atoms with van der Waals surface area (Å²) in [4.78, 5) is 18.9. The van der Waals surface area contributed by atoms with Crippen molar-refractivity contribution in [1.82, 2.24) is 14.8 Å². The number of carbonyl (C=O) groups is 1. The van der Waals surface area contributed by atoms with Crippen LogP contribution in [0.5, 0.6) is 0 Å². The van der Waals surface area contributed by atoms with E-state index in [1.54, 1.807) is 29.8 Å². The molecule has 0 radical (unpaired) electrons. The van der Waals surface area contributed by atoms with Crippen molar-refractivity contribution in [2.75, 3.05) is 24.3 Å². The van der Waals surface area contributed by atoms with E-state index in [1.165, 1.54) is 0 Å². The van der Waals surface area contributed by atoms with Crippen molar-refractivity contribution in [3.05, 3.63) is 69.3 Å². The minimum atomic E-state index is -0.573. The maximum absolute atomic E-state index is 12.3. The Morgan fingerprint density at radius 3 is 2.43 bits per heavy atom. The highest BCUT2D eigenvalue weighted by Gasteiger charge is 2.33. The lowest BCUT2D eigenvalue weighted by atomic mass is 9.95. The van der Waals surface area contributed by atoms with Crippen molar-refractivity contribution in [1.29, 1.82) is 0 Å². The number of aromatic nitrogens is 3. The zero-order valence-electron chi connectivity index (χ0n) is 16.6. The maximum atomic E-state index is 12.3. The monoisotopic (exact) mass is 442 g/mol. The Kier molecular flexibility index (Phi) is 5.17. The number of allylic oxidation sites excluding steroid dienone is 1. The van der Waals surface area contributed by atoms with Crippen LogP contribution in [-0.4, -0.2) is 34.8 Å². The molecular weight excluding hydrogens is 423 g/mol. The second kappa shape index (κ2) is 7.66. The first-order chi connectivity index (χ1) is 14.3. The second-order valence-corrected chi connectivity index (χ2v) is 8.06. The molecule has 3 N–H and O–H groups in total. The predicted molar refractivity (Wildman–Crippen MR) is 120 cm³/mol. The van der Waals surface area contributed by atoms with Gasteiger partial charge in [0.15, 0.2) is 5.82 Å². The molecule has 1 aliphatic rings. The summed E-state index contributed by atoms with van der Waals surface area (Å²) < 4.78 is 1.65. The number of benzene rings is 2. The third-order valence-electron chi connectivity index (χ3n) is 5.02. The molecule has 1 aliphatic heterocycles. The molecule has 1 aromatic heterocycles. The molecule has 2 aromatic carbocycles. The zero-order valence-corrected chi connectivity index (χ0v) is 18.2. The topological polar surface area (TPSA) is 89.1 Å². The van der Waals surface area contributed by atoms with Gasteiger partial charge in [-0.3, -0.25) is 4.79 Å². The van der Waals surface area contributed by atoms with Gasteiger partial charge >= 0.3 is 0 Å². The van der Waals surface area contributed by atoms with Gasteiger partial charge in [-0.2, -0.15) is 4.98 Å². The summed E-state index contributed by atoms with van der Waals surface area (Å²) in [6.07, 6.45) is 0. The number of nitrogens with zero attached hydrogens (tertiary/aromatic N) is 4. The number of halogens is 2. The summed E-state index contributed by atoms with van der Waals surface area (Å²) in [5.41, 5.74) is 9.38. The molecule has 2 heterocycles. The number of anilines is 2.